The Morgan fingerprint density at radius 3 is 2.71 bits per heavy atom. The highest BCUT2D eigenvalue weighted by atomic mass is 32.2. The van der Waals surface area contributed by atoms with Gasteiger partial charge in [0.15, 0.2) is 0 Å². The van der Waals surface area contributed by atoms with Gasteiger partial charge in [0.2, 0.25) is 0 Å². The van der Waals surface area contributed by atoms with E-state index in [1.165, 1.54) is 11.5 Å². The molecule has 0 saturated heterocycles. The van der Waals surface area contributed by atoms with Gasteiger partial charge < -0.3 is 10.2 Å². The van der Waals surface area contributed by atoms with Crippen LogP contribution in [0, 0.1) is 0 Å². The quantitative estimate of drug-likeness (QED) is 0.916. The Labute approximate surface area is 132 Å². The number of nitrogens with zero attached hydrogens (tertiary/aromatic N) is 3. The number of hydrogen-bond acceptors (Lipinski definition) is 5. The minimum atomic E-state index is -0.0976. The number of benzene rings is 1. The van der Waals surface area contributed by atoms with Crippen molar-refractivity contribution in [2.75, 3.05) is 24.4 Å². The molecule has 21 heavy (non-hydrogen) atoms. The minimum absolute atomic E-state index is 0.0976. The first-order valence-electron chi connectivity index (χ1n) is 6.52. The van der Waals surface area contributed by atoms with Crippen molar-refractivity contribution in [1.29, 1.82) is 0 Å². The lowest BCUT2D eigenvalue weighted by Crippen LogP contribution is -2.39. The van der Waals surface area contributed by atoms with Crippen LogP contribution in [0.25, 0.3) is 11.3 Å². The molecule has 0 aliphatic rings. The highest BCUT2D eigenvalue weighted by Gasteiger charge is 2.15. The lowest BCUT2D eigenvalue weighted by molar-refractivity contribution is 0.212. The van der Waals surface area contributed by atoms with Crippen LogP contribution in [0.4, 0.5) is 10.5 Å². The summed E-state index contributed by atoms with van der Waals surface area (Å²) in [5.41, 5.74) is 2.62. The molecule has 1 atom stereocenters. The number of rotatable bonds is 5. The van der Waals surface area contributed by atoms with Gasteiger partial charge in [-0.1, -0.05) is 16.6 Å². The molecule has 0 radical (unpaired) electrons. The molecule has 112 valence electrons. The van der Waals surface area contributed by atoms with Crippen molar-refractivity contribution in [2.24, 2.45) is 0 Å². The van der Waals surface area contributed by atoms with E-state index in [0.717, 1.165) is 22.7 Å². The largest absolute Gasteiger partial charge is 0.324 e. The number of anilines is 1. The van der Waals surface area contributed by atoms with Gasteiger partial charge in [-0.2, -0.15) is 11.8 Å². The minimum Gasteiger partial charge on any atom is -0.324 e. The molecule has 1 aromatic carbocycles. The van der Waals surface area contributed by atoms with Crippen molar-refractivity contribution in [3.63, 3.8) is 0 Å². The molecule has 5 nitrogen and oxygen atoms in total. The van der Waals surface area contributed by atoms with E-state index in [0.29, 0.717) is 0 Å². The molecule has 1 heterocycles. The fraction of sp³-hybridized carbons (Fsp3) is 0.357. The summed E-state index contributed by atoms with van der Waals surface area (Å²) in [6.07, 6.45) is 2.04. The predicted octanol–water partition coefficient (Wildman–Crippen LogP) is 3.42. The first kappa shape index (κ1) is 15.8. The molecule has 0 unspecified atom stereocenters. The van der Waals surface area contributed by atoms with Gasteiger partial charge in [-0.05, 0) is 36.8 Å². The zero-order valence-electron chi connectivity index (χ0n) is 12.2. The third kappa shape index (κ3) is 4.18. The van der Waals surface area contributed by atoms with Gasteiger partial charge in [-0.15, -0.1) is 5.10 Å². The summed E-state index contributed by atoms with van der Waals surface area (Å²) in [5.74, 6) is 0.916. The summed E-state index contributed by atoms with van der Waals surface area (Å²) in [6.45, 7) is 2.04. The summed E-state index contributed by atoms with van der Waals surface area (Å²) in [7, 11) is 1.81. The van der Waals surface area contributed by atoms with Crippen LogP contribution < -0.4 is 5.32 Å². The number of carbonyl (C=O) groups excluding carboxylic acids is 1. The molecule has 0 spiro atoms. The molecule has 1 N–H and O–H groups in total. The van der Waals surface area contributed by atoms with Gasteiger partial charge in [-0.3, -0.25) is 0 Å². The second-order valence-electron chi connectivity index (χ2n) is 4.71. The predicted molar refractivity (Wildman–Crippen MR) is 90.0 cm³/mol. The van der Waals surface area contributed by atoms with Gasteiger partial charge in [-0.25, -0.2) is 4.79 Å². The topological polar surface area (TPSA) is 58.1 Å². The standard InChI is InChI=1S/C14H18N4OS2/c1-10(8-20-3)18(2)14(19)15-12-6-4-11(5-7-12)13-9-21-17-16-13/h4-7,9-10H,8H2,1-3H3,(H,15,19)/t10-/m1/s1. The Morgan fingerprint density at radius 1 is 1.43 bits per heavy atom. The number of hydrogen-bond donors (Lipinski definition) is 1. The first-order chi connectivity index (χ1) is 10.1. The fourth-order valence-electron chi connectivity index (χ4n) is 1.78. The highest BCUT2D eigenvalue weighted by molar-refractivity contribution is 7.98. The number of aromatic nitrogens is 2. The number of carbonyl (C=O) groups is 1. The Kier molecular flexibility index (Phi) is 5.58. The fourth-order valence-corrected chi connectivity index (χ4v) is 2.95. The maximum atomic E-state index is 12.1. The van der Waals surface area contributed by atoms with Gasteiger partial charge in [0, 0.05) is 35.5 Å². The molecule has 1 aromatic heterocycles. The molecular formula is C14H18N4OS2. The molecule has 2 amide bonds. The Morgan fingerprint density at radius 2 is 2.14 bits per heavy atom. The summed E-state index contributed by atoms with van der Waals surface area (Å²) in [4.78, 5) is 13.8. The van der Waals surface area contributed by atoms with E-state index in [1.807, 2.05) is 49.9 Å². The molecule has 0 aliphatic heterocycles. The molecule has 0 bridgehead atoms. The summed E-state index contributed by atoms with van der Waals surface area (Å²) >= 11 is 3.05. The van der Waals surface area contributed by atoms with Crippen LogP contribution in [0.1, 0.15) is 6.92 Å². The average Bonchev–Trinajstić information content (AvgIpc) is 3.01. The lowest BCUT2D eigenvalue weighted by atomic mass is 10.1. The third-order valence-electron chi connectivity index (χ3n) is 3.18. The van der Waals surface area contributed by atoms with Crippen LogP contribution >= 0.6 is 23.3 Å². The van der Waals surface area contributed by atoms with E-state index in [2.05, 4.69) is 14.9 Å². The Hall–Kier alpha value is -1.60. The van der Waals surface area contributed by atoms with Crippen molar-refractivity contribution < 1.29 is 4.79 Å². The number of nitrogens with one attached hydrogen (secondary N) is 1. The maximum absolute atomic E-state index is 12.1. The normalized spacial score (nSPS) is 12.0. The van der Waals surface area contributed by atoms with Crippen LogP contribution in [0.15, 0.2) is 29.6 Å². The molecule has 0 aliphatic carbocycles. The average molecular weight is 322 g/mol. The van der Waals surface area contributed by atoms with Gasteiger partial charge in [0.05, 0.1) is 0 Å². The van der Waals surface area contributed by atoms with Crippen molar-refractivity contribution in [3.05, 3.63) is 29.6 Å². The zero-order valence-corrected chi connectivity index (χ0v) is 13.9. The SMILES string of the molecule is CSC[C@@H](C)N(C)C(=O)Nc1ccc(-c2csnn2)cc1. The molecule has 2 aromatic rings. The summed E-state index contributed by atoms with van der Waals surface area (Å²) in [6, 6.07) is 7.70. The number of thioether (sulfide) groups is 1. The Balaban J connectivity index is 1.98. The van der Waals surface area contributed by atoms with Crippen LogP contribution in [-0.4, -0.2) is 45.6 Å². The van der Waals surface area contributed by atoms with Crippen molar-refractivity contribution in [1.82, 2.24) is 14.5 Å². The number of amides is 2. The van der Waals surface area contributed by atoms with E-state index >= 15 is 0 Å². The van der Waals surface area contributed by atoms with Crippen molar-refractivity contribution in [2.45, 2.75) is 13.0 Å². The molecule has 0 saturated carbocycles. The highest BCUT2D eigenvalue weighted by Crippen LogP contribution is 2.20. The van der Waals surface area contributed by atoms with E-state index in [-0.39, 0.29) is 12.1 Å². The zero-order chi connectivity index (χ0) is 15.2. The molecule has 7 heteroatoms. The molecule has 0 fully saturated rings. The second kappa shape index (κ2) is 7.42. The summed E-state index contributed by atoms with van der Waals surface area (Å²) < 4.78 is 3.84. The van der Waals surface area contributed by atoms with Gasteiger partial charge in [0.1, 0.15) is 5.69 Å². The van der Waals surface area contributed by atoms with Crippen LogP contribution in [0.5, 0.6) is 0 Å². The van der Waals surface area contributed by atoms with Gasteiger partial charge in [0.25, 0.3) is 0 Å². The van der Waals surface area contributed by atoms with E-state index in [1.54, 1.807) is 16.7 Å². The van der Waals surface area contributed by atoms with Crippen molar-refractivity contribution >= 4 is 35.0 Å². The second-order valence-corrected chi connectivity index (χ2v) is 6.23. The van der Waals surface area contributed by atoms with Gasteiger partial charge >= 0.3 is 6.03 Å². The lowest BCUT2D eigenvalue weighted by Gasteiger charge is -2.24. The number of urea groups is 1. The molecule has 2 rings (SSSR count). The third-order valence-corrected chi connectivity index (χ3v) is 4.50. The molecular weight excluding hydrogens is 304 g/mol. The van der Waals surface area contributed by atoms with Crippen molar-refractivity contribution in [3.8, 4) is 11.3 Å². The van der Waals surface area contributed by atoms with E-state index in [9.17, 15) is 4.79 Å². The maximum Gasteiger partial charge on any atom is 0.321 e. The van der Waals surface area contributed by atoms with Crippen LogP contribution in [-0.2, 0) is 0 Å². The van der Waals surface area contributed by atoms with E-state index < -0.39 is 0 Å². The first-order valence-corrected chi connectivity index (χ1v) is 8.75. The van der Waals surface area contributed by atoms with E-state index in [4.69, 9.17) is 0 Å². The van der Waals surface area contributed by atoms with Crippen LogP contribution in [0.3, 0.4) is 0 Å². The van der Waals surface area contributed by atoms with Crippen LogP contribution in [0.2, 0.25) is 0 Å². The smallest absolute Gasteiger partial charge is 0.321 e. The Bertz CT molecular complexity index is 571. The monoisotopic (exact) mass is 322 g/mol. The summed E-state index contributed by atoms with van der Waals surface area (Å²) in [5, 5.41) is 8.81.